The number of benzene rings is 2. The molecule has 6 heteroatoms. The molecule has 2 aromatic rings. The largest absolute Gasteiger partial charge is 0.497 e. The Labute approximate surface area is 139 Å². The second kappa shape index (κ2) is 8.10. The fourth-order valence-electron chi connectivity index (χ4n) is 2.14. The van der Waals surface area contributed by atoms with E-state index in [2.05, 4.69) is 10.1 Å². The van der Waals surface area contributed by atoms with Gasteiger partial charge in [0, 0.05) is 6.54 Å². The van der Waals surface area contributed by atoms with Crippen LogP contribution in [0.15, 0.2) is 42.5 Å². The zero-order chi connectivity index (χ0) is 17.5. The van der Waals surface area contributed by atoms with Gasteiger partial charge in [-0.3, -0.25) is 9.59 Å². The summed E-state index contributed by atoms with van der Waals surface area (Å²) in [4.78, 5) is 22.9. The van der Waals surface area contributed by atoms with E-state index in [9.17, 15) is 14.0 Å². The molecule has 1 N–H and O–H groups in total. The first-order valence-corrected chi connectivity index (χ1v) is 7.34. The molecule has 0 saturated heterocycles. The molecule has 0 aliphatic carbocycles. The quantitative estimate of drug-likeness (QED) is 0.827. The number of hydrogen-bond acceptors (Lipinski definition) is 4. The predicted molar refractivity (Wildman–Crippen MR) is 87.4 cm³/mol. The third-order valence-electron chi connectivity index (χ3n) is 3.48. The summed E-state index contributed by atoms with van der Waals surface area (Å²) < 4.78 is 23.8. The van der Waals surface area contributed by atoms with Gasteiger partial charge in [0.25, 0.3) is 5.91 Å². The Kier molecular flexibility index (Phi) is 5.89. The van der Waals surface area contributed by atoms with Crippen molar-refractivity contribution in [1.29, 1.82) is 0 Å². The summed E-state index contributed by atoms with van der Waals surface area (Å²) in [7, 11) is 2.84. The fourth-order valence-corrected chi connectivity index (χ4v) is 2.14. The minimum atomic E-state index is -0.626. The lowest BCUT2D eigenvalue weighted by molar-refractivity contribution is -0.140. The average Bonchev–Trinajstić information content (AvgIpc) is 2.61. The second-order valence-electron chi connectivity index (χ2n) is 5.01. The molecule has 0 heterocycles. The van der Waals surface area contributed by atoms with Gasteiger partial charge >= 0.3 is 5.97 Å². The highest BCUT2D eigenvalue weighted by Gasteiger charge is 2.13. The number of rotatable bonds is 6. The van der Waals surface area contributed by atoms with Gasteiger partial charge in [0.2, 0.25) is 0 Å². The van der Waals surface area contributed by atoms with E-state index in [1.165, 1.54) is 19.2 Å². The molecule has 0 spiro atoms. The molecule has 0 fully saturated rings. The first-order valence-electron chi connectivity index (χ1n) is 7.34. The van der Waals surface area contributed by atoms with Crippen molar-refractivity contribution in [2.75, 3.05) is 20.8 Å². The van der Waals surface area contributed by atoms with Gasteiger partial charge in [0.15, 0.2) is 0 Å². The smallest absolute Gasteiger partial charge is 0.307 e. The van der Waals surface area contributed by atoms with Crippen molar-refractivity contribution >= 4 is 11.9 Å². The first kappa shape index (κ1) is 17.5. The Bertz CT molecular complexity index is 728. The molecule has 5 nitrogen and oxygen atoms in total. The monoisotopic (exact) mass is 331 g/mol. The third-order valence-corrected chi connectivity index (χ3v) is 3.48. The summed E-state index contributed by atoms with van der Waals surface area (Å²) in [5.74, 6) is -0.928. The van der Waals surface area contributed by atoms with Crippen LogP contribution >= 0.6 is 0 Å². The van der Waals surface area contributed by atoms with E-state index >= 15 is 0 Å². The van der Waals surface area contributed by atoms with Gasteiger partial charge < -0.3 is 14.8 Å². The SMILES string of the molecule is COC(=O)CCNC(=O)c1ccc(-c2ccc(OC)cc2)cc1F. The van der Waals surface area contributed by atoms with E-state index in [-0.39, 0.29) is 18.5 Å². The summed E-state index contributed by atoms with van der Waals surface area (Å²) in [5, 5.41) is 2.48. The van der Waals surface area contributed by atoms with Crippen molar-refractivity contribution < 1.29 is 23.5 Å². The van der Waals surface area contributed by atoms with E-state index in [0.29, 0.717) is 11.3 Å². The van der Waals surface area contributed by atoms with Gasteiger partial charge in [0.1, 0.15) is 11.6 Å². The molecule has 0 radical (unpaired) electrons. The van der Waals surface area contributed by atoms with E-state index in [4.69, 9.17) is 4.74 Å². The van der Waals surface area contributed by atoms with E-state index < -0.39 is 17.7 Å². The lowest BCUT2D eigenvalue weighted by Crippen LogP contribution is -2.27. The van der Waals surface area contributed by atoms with E-state index in [1.54, 1.807) is 25.3 Å². The summed E-state index contributed by atoms with van der Waals surface area (Å²) >= 11 is 0. The van der Waals surface area contributed by atoms with Gasteiger partial charge in [-0.1, -0.05) is 18.2 Å². The zero-order valence-electron chi connectivity index (χ0n) is 13.5. The Morgan fingerprint density at radius 1 is 1.04 bits per heavy atom. The maximum absolute atomic E-state index is 14.2. The number of carbonyl (C=O) groups is 2. The Hall–Kier alpha value is -2.89. The number of halogens is 1. The molecule has 1 amide bonds. The highest BCUT2D eigenvalue weighted by molar-refractivity contribution is 5.95. The summed E-state index contributed by atoms with van der Waals surface area (Å²) in [5.41, 5.74) is 1.39. The fraction of sp³-hybridized carbons (Fsp3) is 0.222. The molecule has 0 bridgehead atoms. The molecule has 2 aromatic carbocycles. The number of esters is 1. The minimum Gasteiger partial charge on any atom is -0.497 e. The molecule has 0 aliphatic rings. The Morgan fingerprint density at radius 3 is 2.29 bits per heavy atom. The molecule has 0 atom stereocenters. The van der Waals surface area contributed by atoms with Gasteiger partial charge in [-0.25, -0.2) is 4.39 Å². The van der Waals surface area contributed by atoms with E-state index in [0.717, 1.165) is 5.56 Å². The van der Waals surface area contributed by atoms with Gasteiger partial charge in [-0.05, 0) is 35.4 Å². The predicted octanol–water partition coefficient (Wildman–Crippen LogP) is 2.79. The summed E-state index contributed by atoms with van der Waals surface area (Å²) in [6, 6.07) is 11.6. The molecule has 0 unspecified atom stereocenters. The summed E-state index contributed by atoms with van der Waals surface area (Å²) in [6.45, 7) is 0.0885. The van der Waals surface area contributed by atoms with Gasteiger partial charge in [-0.15, -0.1) is 0 Å². The van der Waals surface area contributed by atoms with Crippen LogP contribution in [0, 0.1) is 5.82 Å². The van der Waals surface area contributed by atoms with Crippen molar-refractivity contribution in [3.05, 3.63) is 53.8 Å². The second-order valence-corrected chi connectivity index (χ2v) is 5.01. The van der Waals surface area contributed by atoms with Crippen LogP contribution in [0.25, 0.3) is 11.1 Å². The van der Waals surface area contributed by atoms with Crippen molar-refractivity contribution in [2.24, 2.45) is 0 Å². The van der Waals surface area contributed by atoms with Crippen molar-refractivity contribution in [1.82, 2.24) is 5.32 Å². The van der Waals surface area contributed by atoms with Crippen LogP contribution in [0.2, 0.25) is 0 Å². The highest BCUT2D eigenvalue weighted by Crippen LogP contribution is 2.24. The van der Waals surface area contributed by atoms with Crippen molar-refractivity contribution in [3.8, 4) is 16.9 Å². The number of amides is 1. The molecule has 24 heavy (non-hydrogen) atoms. The zero-order valence-corrected chi connectivity index (χ0v) is 13.5. The van der Waals surface area contributed by atoms with E-state index in [1.807, 2.05) is 12.1 Å². The third kappa shape index (κ3) is 4.32. The lowest BCUT2D eigenvalue weighted by atomic mass is 10.0. The number of ether oxygens (including phenoxy) is 2. The number of methoxy groups -OCH3 is 2. The Balaban J connectivity index is 2.08. The van der Waals surface area contributed by atoms with Crippen molar-refractivity contribution in [2.45, 2.75) is 6.42 Å². The molecule has 126 valence electrons. The van der Waals surface area contributed by atoms with Crippen LogP contribution in [0.3, 0.4) is 0 Å². The van der Waals surface area contributed by atoms with Crippen molar-refractivity contribution in [3.63, 3.8) is 0 Å². The van der Waals surface area contributed by atoms with Crippen LogP contribution in [0.4, 0.5) is 4.39 Å². The van der Waals surface area contributed by atoms with Crippen LogP contribution in [0.5, 0.6) is 5.75 Å². The van der Waals surface area contributed by atoms with Gasteiger partial charge in [-0.2, -0.15) is 0 Å². The van der Waals surface area contributed by atoms with Crippen LogP contribution in [0.1, 0.15) is 16.8 Å². The maximum Gasteiger partial charge on any atom is 0.307 e. The van der Waals surface area contributed by atoms with Crippen LogP contribution in [-0.4, -0.2) is 32.6 Å². The number of hydrogen-bond donors (Lipinski definition) is 1. The standard InChI is InChI=1S/C18H18FNO4/c1-23-14-6-3-12(4-7-14)13-5-8-15(16(19)11-13)18(22)20-10-9-17(21)24-2/h3-8,11H,9-10H2,1-2H3,(H,20,22). The molecular formula is C18H18FNO4. The lowest BCUT2D eigenvalue weighted by Gasteiger charge is -2.08. The average molecular weight is 331 g/mol. The topological polar surface area (TPSA) is 64.6 Å². The van der Waals surface area contributed by atoms with Gasteiger partial charge in [0.05, 0.1) is 26.2 Å². The maximum atomic E-state index is 14.2. The molecule has 2 rings (SSSR count). The Morgan fingerprint density at radius 2 is 1.71 bits per heavy atom. The number of carbonyl (C=O) groups excluding carboxylic acids is 2. The summed E-state index contributed by atoms with van der Waals surface area (Å²) in [6.07, 6.45) is 0.0355. The van der Waals surface area contributed by atoms with Crippen LogP contribution < -0.4 is 10.1 Å². The minimum absolute atomic E-state index is 0.0355. The van der Waals surface area contributed by atoms with Crippen LogP contribution in [-0.2, 0) is 9.53 Å². The molecule has 0 saturated carbocycles. The first-order chi connectivity index (χ1) is 11.5. The molecule has 0 aliphatic heterocycles. The highest BCUT2D eigenvalue weighted by atomic mass is 19.1. The molecular weight excluding hydrogens is 313 g/mol. The normalized spacial score (nSPS) is 10.1. The number of nitrogens with one attached hydrogen (secondary N) is 1. The molecule has 0 aromatic heterocycles.